The number of nitrogen functional groups attached to an aromatic ring is 1. The second-order valence-corrected chi connectivity index (χ2v) is 5.62. The van der Waals surface area contributed by atoms with E-state index in [4.69, 9.17) is 10.8 Å². The maximum Gasteiger partial charge on any atom is 0.166 e. The summed E-state index contributed by atoms with van der Waals surface area (Å²) < 4.78 is 1.87. The molecule has 0 bridgehead atoms. The van der Waals surface area contributed by atoms with Crippen LogP contribution in [0, 0.1) is 0 Å². The number of aromatic nitrogens is 4. The van der Waals surface area contributed by atoms with Crippen LogP contribution in [-0.4, -0.2) is 47.7 Å². The van der Waals surface area contributed by atoms with E-state index in [0.717, 1.165) is 0 Å². The van der Waals surface area contributed by atoms with Crippen molar-refractivity contribution in [3.05, 3.63) is 12.7 Å². The lowest BCUT2D eigenvalue weighted by molar-refractivity contribution is 0.138. The third-order valence-corrected chi connectivity index (χ3v) is 4.63. The van der Waals surface area contributed by atoms with E-state index in [9.17, 15) is 5.11 Å². The minimum atomic E-state index is -0.512. The fraction of sp³-hybridized carbons (Fsp3) is 0.500. The minimum Gasteiger partial charge on any atom is -0.395 e. The van der Waals surface area contributed by atoms with Gasteiger partial charge in [-0.25, -0.2) is 15.0 Å². The van der Waals surface area contributed by atoms with Gasteiger partial charge in [0.05, 0.1) is 29.7 Å². The largest absolute Gasteiger partial charge is 0.395 e. The lowest BCUT2D eigenvalue weighted by atomic mass is 10.2. The minimum absolute atomic E-state index is 0.0106. The predicted molar refractivity (Wildman–Crippen MR) is 67.9 cm³/mol. The molecule has 2 aromatic heterocycles. The molecule has 0 saturated carbocycles. The van der Waals surface area contributed by atoms with Crippen molar-refractivity contribution in [3.8, 4) is 0 Å². The predicted octanol–water partition coefficient (Wildman–Crippen LogP) is -0.234. The van der Waals surface area contributed by atoms with Gasteiger partial charge >= 0.3 is 0 Å². The quantitative estimate of drug-likeness (QED) is 0.689. The number of rotatable bonds is 2. The Labute approximate surface area is 107 Å². The van der Waals surface area contributed by atoms with Gasteiger partial charge in [0.2, 0.25) is 0 Å². The number of hydrogen-bond donors (Lipinski definition) is 3. The average molecular weight is 267 g/mol. The van der Waals surface area contributed by atoms with Crippen LogP contribution in [0.2, 0.25) is 0 Å². The van der Waals surface area contributed by atoms with Gasteiger partial charge in [0.1, 0.15) is 11.8 Å². The molecule has 1 aliphatic heterocycles. The van der Waals surface area contributed by atoms with Gasteiger partial charge in [0.25, 0.3) is 0 Å². The van der Waals surface area contributed by atoms with Crippen molar-refractivity contribution in [3.63, 3.8) is 0 Å². The molecule has 3 unspecified atom stereocenters. The van der Waals surface area contributed by atoms with E-state index in [1.165, 1.54) is 18.1 Å². The van der Waals surface area contributed by atoms with Crippen LogP contribution in [-0.2, 0) is 0 Å². The highest BCUT2D eigenvalue weighted by molar-refractivity contribution is 8.00. The summed E-state index contributed by atoms with van der Waals surface area (Å²) in [7, 11) is 0. The number of aliphatic hydroxyl groups excluding tert-OH is 2. The summed E-state index contributed by atoms with van der Waals surface area (Å²) >= 11 is 1.52. The molecule has 1 fully saturated rings. The van der Waals surface area contributed by atoms with Gasteiger partial charge in [-0.15, -0.1) is 11.8 Å². The summed E-state index contributed by atoms with van der Waals surface area (Å²) in [5.41, 5.74) is 6.95. The van der Waals surface area contributed by atoms with Crippen LogP contribution in [0.1, 0.15) is 11.8 Å². The fourth-order valence-electron chi connectivity index (χ4n) is 2.13. The monoisotopic (exact) mass is 267 g/mol. The normalized spacial score (nSPS) is 28.0. The topological polar surface area (TPSA) is 110 Å². The first-order chi connectivity index (χ1) is 8.70. The van der Waals surface area contributed by atoms with E-state index in [1.54, 1.807) is 6.33 Å². The highest BCUT2D eigenvalue weighted by Crippen LogP contribution is 2.42. The van der Waals surface area contributed by atoms with E-state index < -0.39 is 6.10 Å². The lowest BCUT2D eigenvalue weighted by Crippen LogP contribution is -2.20. The Morgan fingerprint density at radius 3 is 3.00 bits per heavy atom. The van der Waals surface area contributed by atoms with Crippen LogP contribution in [0.3, 0.4) is 0 Å². The van der Waals surface area contributed by atoms with Crippen LogP contribution in [0.25, 0.3) is 11.2 Å². The summed E-state index contributed by atoms with van der Waals surface area (Å²) in [5, 5.41) is 18.8. The Morgan fingerprint density at radius 2 is 2.28 bits per heavy atom. The van der Waals surface area contributed by atoms with Crippen molar-refractivity contribution in [1.29, 1.82) is 0 Å². The molecule has 0 spiro atoms. The smallest absolute Gasteiger partial charge is 0.166 e. The van der Waals surface area contributed by atoms with Crippen molar-refractivity contribution in [1.82, 2.24) is 19.5 Å². The fourth-order valence-corrected chi connectivity index (χ4v) is 3.51. The van der Waals surface area contributed by atoms with Crippen molar-refractivity contribution in [2.75, 3.05) is 12.3 Å². The average Bonchev–Trinajstić information content (AvgIpc) is 2.93. The summed E-state index contributed by atoms with van der Waals surface area (Å²) in [6.45, 7) is -0.0356. The Morgan fingerprint density at radius 1 is 1.44 bits per heavy atom. The molecule has 8 heteroatoms. The van der Waals surface area contributed by atoms with Crippen molar-refractivity contribution >= 4 is 28.7 Å². The molecular weight excluding hydrogens is 254 g/mol. The highest BCUT2D eigenvalue weighted by atomic mass is 32.2. The molecule has 3 heterocycles. The third-order valence-electron chi connectivity index (χ3n) is 3.08. The van der Waals surface area contributed by atoms with Gasteiger partial charge in [-0.3, -0.25) is 0 Å². The molecular formula is C10H13N5O2S. The number of fused-ring (bicyclic) bond motifs is 1. The number of imidazole rings is 1. The summed E-state index contributed by atoms with van der Waals surface area (Å²) in [6, 6.07) is 0. The zero-order valence-electron chi connectivity index (χ0n) is 9.47. The molecule has 0 amide bonds. The van der Waals surface area contributed by atoms with Gasteiger partial charge in [0.15, 0.2) is 11.5 Å². The van der Waals surface area contributed by atoms with Crippen LogP contribution in [0.15, 0.2) is 12.7 Å². The molecule has 0 aromatic carbocycles. The maximum atomic E-state index is 9.81. The van der Waals surface area contributed by atoms with E-state index in [0.29, 0.717) is 23.4 Å². The molecule has 0 radical (unpaired) electrons. The van der Waals surface area contributed by atoms with Crippen LogP contribution >= 0.6 is 11.8 Å². The van der Waals surface area contributed by atoms with Gasteiger partial charge in [-0.05, 0) is 0 Å². The Hall–Kier alpha value is -1.38. The summed E-state index contributed by atoms with van der Waals surface area (Å²) in [4.78, 5) is 12.3. The van der Waals surface area contributed by atoms with Crippen molar-refractivity contribution in [2.45, 2.75) is 23.1 Å². The van der Waals surface area contributed by atoms with E-state index in [1.807, 2.05) is 4.57 Å². The Bertz CT molecular complexity index is 574. The van der Waals surface area contributed by atoms with Gasteiger partial charge in [-0.1, -0.05) is 0 Å². The van der Waals surface area contributed by atoms with E-state index in [2.05, 4.69) is 15.0 Å². The molecule has 1 saturated heterocycles. The van der Waals surface area contributed by atoms with E-state index in [-0.39, 0.29) is 17.2 Å². The molecule has 18 heavy (non-hydrogen) atoms. The van der Waals surface area contributed by atoms with Gasteiger partial charge in [0, 0.05) is 6.42 Å². The number of hydrogen-bond acceptors (Lipinski definition) is 7. The lowest BCUT2D eigenvalue weighted by Gasteiger charge is -2.11. The standard InChI is InChI=1S/C10H13N5O2S/c11-9-8-10(13-3-12-9)15(4-14-8)7-1-5(17)6(2-16)18-7/h3-7,16-17H,1-2H2,(H2,11,12,13). The maximum absolute atomic E-state index is 9.81. The first-order valence-corrected chi connectivity index (χ1v) is 6.52. The number of aliphatic hydroxyl groups is 2. The summed E-state index contributed by atoms with van der Waals surface area (Å²) in [6.07, 6.45) is 3.10. The first kappa shape index (κ1) is 11.7. The highest BCUT2D eigenvalue weighted by Gasteiger charge is 2.35. The SMILES string of the molecule is Nc1ncnc2c1ncn2C1CC(O)C(CO)S1. The molecule has 3 rings (SSSR count). The zero-order valence-corrected chi connectivity index (χ0v) is 10.3. The third kappa shape index (κ3) is 1.73. The zero-order chi connectivity index (χ0) is 12.7. The number of anilines is 1. The van der Waals surface area contributed by atoms with E-state index >= 15 is 0 Å². The molecule has 0 aliphatic carbocycles. The molecule has 3 atom stereocenters. The molecule has 1 aliphatic rings. The van der Waals surface area contributed by atoms with Crippen LogP contribution < -0.4 is 5.73 Å². The second-order valence-electron chi connectivity index (χ2n) is 4.20. The number of thioether (sulfide) groups is 1. The van der Waals surface area contributed by atoms with Gasteiger partial charge in [-0.2, -0.15) is 0 Å². The molecule has 2 aromatic rings. The Kier molecular flexibility index (Phi) is 2.84. The molecule has 96 valence electrons. The van der Waals surface area contributed by atoms with Crippen molar-refractivity contribution in [2.24, 2.45) is 0 Å². The van der Waals surface area contributed by atoms with Gasteiger partial charge < -0.3 is 20.5 Å². The number of nitrogens with zero attached hydrogens (tertiary/aromatic N) is 4. The molecule has 4 N–H and O–H groups in total. The van der Waals surface area contributed by atoms with Crippen LogP contribution in [0.4, 0.5) is 5.82 Å². The molecule has 7 nitrogen and oxygen atoms in total. The Balaban J connectivity index is 1.99. The second kappa shape index (κ2) is 4.38. The summed E-state index contributed by atoms with van der Waals surface area (Å²) in [5.74, 6) is 0.348. The van der Waals surface area contributed by atoms with Crippen LogP contribution in [0.5, 0.6) is 0 Å². The van der Waals surface area contributed by atoms with Crippen molar-refractivity contribution < 1.29 is 10.2 Å². The number of nitrogens with two attached hydrogens (primary N) is 1. The first-order valence-electron chi connectivity index (χ1n) is 5.58.